The molecule has 3 aromatic rings. The van der Waals surface area contributed by atoms with Crippen molar-refractivity contribution in [2.45, 2.75) is 6.92 Å². The SMILES string of the molecule is COc1ccc(/C(=C\c2ccc(Oc3ccccc3C)cc2)C(=O)O)cc1. The maximum absolute atomic E-state index is 11.7. The third kappa shape index (κ3) is 4.55. The van der Waals surface area contributed by atoms with E-state index in [0.29, 0.717) is 17.1 Å². The number of aliphatic carboxylic acids is 1. The van der Waals surface area contributed by atoms with Gasteiger partial charge in [-0.25, -0.2) is 4.79 Å². The lowest BCUT2D eigenvalue weighted by Crippen LogP contribution is -1.99. The van der Waals surface area contributed by atoms with E-state index in [1.165, 1.54) is 0 Å². The number of rotatable bonds is 6. The summed E-state index contributed by atoms with van der Waals surface area (Å²) >= 11 is 0. The van der Waals surface area contributed by atoms with Crippen molar-refractivity contribution >= 4 is 17.6 Å². The van der Waals surface area contributed by atoms with Crippen molar-refractivity contribution in [3.63, 3.8) is 0 Å². The van der Waals surface area contributed by atoms with Crippen molar-refractivity contribution in [2.24, 2.45) is 0 Å². The summed E-state index contributed by atoms with van der Waals surface area (Å²) in [5, 5.41) is 9.57. The third-order valence-electron chi connectivity index (χ3n) is 4.14. The number of benzene rings is 3. The van der Waals surface area contributed by atoms with Gasteiger partial charge in [0.2, 0.25) is 0 Å². The Morgan fingerprint density at radius 3 is 2.11 bits per heavy atom. The summed E-state index contributed by atoms with van der Waals surface area (Å²) in [4.78, 5) is 11.7. The summed E-state index contributed by atoms with van der Waals surface area (Å²) in [6, 6.07) is 22.0. The van der Waals surface area contributed by atoms with Gasteiger partial charge in [-0.1, -0.05) is 42.5 Å². The van der Waals surface area contributed by atoms with E-state index < -0.39 is 5.97 Å². The summed E-state index contributed by atoms with van der Waals surface area (Å²) in [5.74, 6) is 1.19. The highest BCUT2D eigenvalue weighted by Gasteiger charge is 2.11. The summed E-state index contributed by atoms with van der Waals surface area (Å²) < 4.78 is 11.0. The van der Waals surface area contributed by atoms with Crippen LogP contribution >= 0.6 is 0 Å². The summed E-state index contributed by atoms with van der Waals surface area (Å²) in [6.45, 7) is 1.99. The van der Waals surface area contributed by atoms with Crippen LogP contribution in [0.15, 0.2) is 72.8 Å². The number of para-hydroxylation sites is 1. The van der Waals surface area contributed by atoms with Gasteiger partial charge in [-0.15, -0.1) is 0 Å². The minimum atomic E-state index is -0.986. The number of hydrogen-bond donors (Lipinski definition) is 1. The van der Waals surface area contributed by atoms with Crippen LogP contribution in [0, 0.1) is 6.92 Å². The number of hydrogen-bond acceptors (Lipinski definition) is 3. The van der Waals surface area contributed by atoms with Crippen molar-refractivity contribution in [2.75, 3.05) is 7.11 Å². The molecule has 0 aliphatic carbocycles. The molecule has 4 heteroatoms. The first-order valence-electron chi connectivity index (χ1n) is 8.50. The molecule has 0 saturated heterocycles. The van der Waals surface area contributed by atoms with Gasteiger partial charge in [0.05, 0.1) is 12.7 Å². The van der Waals surface area contributed by atoms with E-state index in [-0.39, 0.29) is 5.57 Å². The number of carboxylic acids is 1. The van der Waals surface area contributed by atoms with Crippen molar-refractivity contribution in [3.05, 3.63) is 89.5 Å². The highest BCUT2D eigenvalue weighted by Crippen LogP contribution is 2.26. The number of methoxy groups -OCH3 is 1. The van der Waals surface area contributed by atoms with E-state index in [1.807, 2.05) is 55.5 Å². The van der Waals surface area contributed by atoms with Gasteiger partial charge >= 0.3 is 5.97 Å². The zero-order valence-electron chi connectivity index (χ0n) is 15.2. The second-order valence-corrected chi connectivity index (χ2v) is 6.03. The Kier molecular flexibility index (Phi) is 5.57. The van der Waals surface area contributed by atoms with Gasteiger partial charge in [-0.3, -0.25) is 0 Å². The van der Waals surface area contributed by atoms with E-state index in [0.717, 1.165) is 16.9 Å². The molecule has 0 bridgehead atoms. The monoisotopic (exact) mass is 360 g/mol. The van der Waals surface area contributed by atoms with Crippen molar-refractivity contribution < 1.29 is 19.4 Å². The Morgan fingerprint density at radius 1 is 0.889 bits per heavy atom. The maximum atomic E-state index is 11.7. The molecule has 0 spiro atoms. The Morgan fingerprint density at radius 2 is 1.52 bits per heavy atom. The van der Waals surface area contributed by atoms with E-state index >= 15 is 0 Å². The Bertz CT molecular complexity index is 954. The third-order valence-corrected chi connectivity index (χ3v) is 4.14. The van der Waals surface area contributed by atoms with Crippen LogP contribution in [0.2, 0.25) is 0 Å². The first kappa shape index (κ1) is 18.3. The predicted molar refractivity (Wildman–Crippen MR) is 106 cm³/mol. The summed E-state index contributed by atoms with van der Waals surface area (Å²) in [7, 11) is 1.57. The molecule has 0 radical (unpaired) electrons. The van der Waals surface area contributed by atoms with Crippen LogP contribution in [0.4, 0.5) is 0 Å². The number of aryl methyl sites for hydroxylation is 1. The van der Waals surface area contributed by atoms with Crippen LogP contribution in [-0.2, 0) is 4.79 Å². The molecule has 3 rings (SSSR count). The topological polar surface area (TPSA) is 55.8 Å². The first-order chi connectivity index (χ1) is 13.1. The second kappa shape index (κ2) is 8.23. The molecule has 0 unspecified atom stereocenters. The van der Waals surface area contributed by atoms with Gasteiger partial charge in [0.15, 0.2) is 0 Å². The standard InChI is InChI=1S/C23H20O4/c1-16-5-3-4-6-22(16)27-20-11-7-17(8-12-20)15-21(23(24)25)18-9-13-19(26-2)14-10-18/h3-15H,1-2H3,(H,24,25)/b21-15+. The lowest BCUT2D eigenvalue weighted by atomic mass is 10.0. The number of carboxylic acid groups (broad SMARTS) is 1. The molecular formula is C23H20O4. The Hall–Kier alpha value is -3.53. The fourth-order valence-electron chi connectivity index (χ4n) is 2.64. The van der Waals surface area contributed by atoms with E-state index in [1.54, 1.807) is 37.5 Å². The van der Waals surface area contributed by atoms with E-state index in [4.69, 9.17) is 9.47 Å². The Labute approximate surface area is 158 Å². The largest absolute Gasteiger partial charge is 0.497 e. The average molecular weight is 360 g/mol. The van der Waals surface area contributed by atoms with Gasteiger partial charge in [-0.05, 0) is 60.0 Å². The molecule has 0 aliphatic rings. The zero-order valence-corrected chi connectivity index (χ0v) is 15.2. The molecule has 27 heavy (non-hydrogen) atoms. The molecule has 0 aliphatic heterocycles. The van der Waals surface area contributed by atoms with Crippen molar-refractivity contribution in [3.8, 4) is 17.2 Å². The highest BCUT2D eigenvalue weighted by atomic mass is 16.5. The highest BCUT2D eigenvalue weighted by molar-refractivity contribution is 6.20. The predicted octanol–water partition coefficient (Wildman–Crippen LogP) is 5.42. The second-order valence-electron chi connectivity index (χ2n) is 6.03. The molecule has 0 atom stereocenters. The van der Waals surface area contributed by atoms with Gasteiger partial charge in [0.25, 0.3) is 0 Å². The molecule has 0 saturated carbocycles. The maximum Gasteiger partial charge on any atom is 0.336 e. The normalized spacial score (nSPS) is 11.1. The van der Waals surface area contributed by atoms with E-state index in [2.05, 4.69) is 0 Å². The smallest absolute Gasteiger partial charge is 0.336 e. The molecule has 4 nitrogen and oxygen atoms in total. The molecular weight excluding hydrogens is 340 g/mol. The average Bonchev–Trinajstić information content (AvgIpc) is 2.69. The Balaban J connectivity index is 1.83. The molecule has 1 N–H and O–H groups in total. The fourth-order valence-corrected chi connectivity index (χ4v) is 2.64. The van der Waals surface area contributed by atoms with Crippen molar-refractivity contribution in [1.29, 1.82) is 0 Å². The van der Waals surface area contributed by atoms with Crippen molar-refractivity contribution in [1.82, 2.24) is 0 Å². The minimum Gasteiger partial charge on any atom is -0.497 e. The van der Waals surface area contributed by atoms with Crippen LogP contribution in [0.3, 0.4) is 0 Å². The zero-order chi connectivity index (χ0) is 19.2. The lowest BCUT2D eigenvalue weighted by Gasteiger charge is -2.09. The number of carbonyl (C=O) groups is 1. The molecule has 3 aromatic carbocycles. The lowest BCUT2D eigenvalue weighted by molar-refractivity contribution is -0.130. The summed E-state index contributed by atoms with van der Waals surface area (Å²) in [5.41, 5.74) is 2.66. The quantitative estimate of drug-likeness (QED) is 0.471. The van der Waals surface area contributed by atoms with Crippen LogP contribution < -0.4 is 9.47 Å². The minimum absolute atomic E-state index is 0.213. The van der Waals surface area contributed by atoms with Gasteiger partial charge in [0, 0.05) is 0 Å². The van der Waals surface area contributed by atoms with Crippen LogP contribution in [0.5, 0.6) is 17.2 Å². The molecule has 0 aromatic heterocycles. The van der Waals surface area contributed by atoms with Crippen LogP contribution in [0.1, 0.15) is 16.7 Å². The first-order valence-corrected chi connectivity index (χ1v) is 8.50. The number of ether oxygens (including phenoxy) is 2. The van der Waals surface area contributed by atoms with Gasteiger partial charge < -0.3 is 14.6 Å². The molecule has 0 fully saturated rings. The van der Waals surface area contributed by atoms with E-state index in [9.17, 15) is 9.90 Å². The van der Waals surface area contributed by atoms with Crippen LogP contribution in [0.25, 0.3) is 11.6 Å². The molecule has 136 valence electrons. The van der Waals surface area contributed by atoms with Gasteiger partial charge in [-0.2, -0.15) is 0 Å². The molecule has 0 amide bonds. The fraction of sp³-hybridized carbons (Fsp3) is 0.0870. The van der Waals surface area contributed by atoms with Crippen LogP contribution in [-0.4, -0.2) is 18.2 Å². The molecule has 0 heterocycles. The van der Waals surface area contributed by atoms with Gasteiger partial charge in [0.1, 0.15) is 17.2 Å². The summed E-state index contributed by atoms with van der Waals surface area (Å²) in [6.07, 6.45) is 1.64.